The number of hydrogen-bond donors (Lipinski definition) is 1. The highest BCUT2D eigenvalue weighted by Gasteiger charge is 2.30. The SMILES string of the molecule is CC(c1ccccc1)(c1ccccc1)c1ccccc1.CNC. The lowest BCUT2D eigenvalue weighted by Gasteiger charge is -2.31. The van der Waals surface area contributed by atoms with E-state index in [-0.39, 0.29) is 5.41 Å². The smallest absolute Gasteiger partial charge is 0.0423 e. The van der Waals surface area contributed by atoms with E-state index in [2.05, 4.69) is 103 Å². The zero-order valence-corrected chi connectivity index (χ0v) is 14.2. The summed E-state index contributed by atoms with van der Waals surface area (Å²) in [5.41, 5.74) is 3.83. The number of nitrogens with one attached hydrogen (secondary N) is 1. The Hall–Kier alpha value is -2.38. The molecule has 3 rings (SSSR count). The van der Waals surface area contributed by atoms with Crippen LogP contribution in [-0.2, 0) is 5.41 Å². The minimum atomic E-state index is -0.121. The Morgan fingerprint density at radius 2 is 0.739 bits per heavy atom. The van der Waals surface area contributed by atoms with E-state index in [1.807, 2.05) is 14.1 Å². The van der Waals surface area contributed by atoms with Gasteiger partial charge in [0.2, 0.25) is 0 Å². The van der Waals surface area contributed by atoms with E-state index in [0.717, 1.165) is 0 Å². The summed E-state index contributed by atoms with van der Waals surface area (Å²) in [4.78, 5) is 0. The van der Waals surface area contributed by atoms with Gasteiger partial charge in [-0.15, -0.1) is 0 Å². The molecular formula is C22H25N. The molecule has 3 aromatic rings. The van der Waals surface area contributed by atoms with E-state index in [9.17, 15) is 0 Å². The predicted molar refractivity (Wildman–Crippen MR) is 99.9 cm³/mol. The molecule has 0 fully saturated rings. The van der Waals surface area contributed by atoms with E-state index >= 15 is 0 Å². The summed E-state index contributed by atoms with van der Waals surface area (Å²) >= 11 is 0. The molecule has 0 saturated heterocycles. The van der Waals surface area contributed by atoms with Gasteiger partial charge in [-0.2, -0.15) is 0 Å². The van der Waals surface area contributed by atoms with Crippen LogP contribution in [-0.4, -0.2) is 14.1 Å². The van der Waals surface area contributed by atoms with Crippen molar-refractivity contribution in [1.82, 2.24) is 5.32 Å². The zero-order valence-electron chi connectivity index (χ0n) is 14.2. The second-order valence-corrected chi connectivity index (χ2v) is 5.72. The summed E-state index contributed by atoms with van der Waals surface area (Å²) in [5, 5.41) is 2.75. The van der Waals surface area contributed by atoms with Crippen molar-refractivity contribution in [2.75, 3.05) is 14.1 Å². The van der Waals surface area contributed by atoms with Gasteiger partial charge in [-0.05, 0) is 37.7 Å². The molecule has 118 valence electrons. The van der Waals surface area contributed by atoms with Crippen molar-refractivity contribution in [3.05, 3.63) is 108 Å². The highest BCUT2D eigenvalue weighted by atomic mass is 14.7. The largest absolute Gasteiger partial charge is 0.323 e. The first kappa shape index (κ1) is 17.0. The van der Waals surface area contributed by atoms with E-state index in [1.165, 1.54) is 16.7 Å². The third-order valence-corrected chi connectivity index (χ3v) is 4.05. The van der Waals surface area contributed by atoms with Crippen LogP contribution >= 0.6 is 0 Å². The Bertz CT molecular complexity index is 578. The van der Waals surface area contributed by atoms with Gasteiger partial charge in [0.25, 0.3) is 0 Å². The maximum absolute atomic E-state index is 2.75. The van der Waals surface area contributed by atoms with E-state index < -0.39 is 0 Å². The van der Waals surface area contributed by atoms with Gasteiger partial charge in [-0.25, -0.2) is 0 Å². The predicted octanol–water partition coefficient (Wildman–Crippen LogP) is 4.88. The summed E-state index contributed by atoms with van der Waals surface area (Å²) in [5.74, 6) is 0. The molecule has 0 aliphatic carbocycles. The number of rotatable bonds is 3. The quantitative estimate of drug-likeness (QED) is 0.680. The van der Waals surface area contributed by atoms with Gasteiger partial charge in [-0.1, -0.05) is 91.0 Å². The summed E-state index contributed by atoms with van der Waals surface area (Å²) in [7, 11) is 3.75. The lowest BCUT2D eigenvalue weighted by atomic mass is 9.71. The molecule has 0 heterocycles. The van der Waals surface area contributed by atoms with Crippen LogP contribution in [0.15, 0.2) is 91.0 Å². The molecule has 0 amide bonds. The van der Waals surface area contributed by atoms with Crippen molar-refractivity contribution in [2.24, 2.45) is 0 Å². The first-order valence-corrected chi connectivity index (χ1v) is 7.98. The second-order valence-electron chi connectivity index (χ2n) is 5.72. The summed E-state index contributed by atoms with van der Waals surface area (Å²) in [6.07, 6.45) is 0. The van der Waals surface area contributed by atoms with Crippen LogP contribution in [0.25, 0.3) is 0 Å². The Morgan fingerprint density at radius 3 is 0.957 bits per heavy atom. The molecule has 0 aromatic heterocycles. The molecule has 0 aliphatic heterocycles. The molecule has 0 atom stereocenters. The molecule has 0 saturated carbocycles. The standard InChI is InChI=1S/C20H18.C2H7N/c1-20(17-11-5-2-6-12-17,18-13-7-3-8-14-18)19-15-9-4-10-16-19;1-3-2/h2-16H,1H3;3H,1-2H3. The molecule has 0 spiro atoms. The Balaban J connectivity index is 0.000000595. The first-order chi connectivity index (χ1) is 11.2. The summed E-state index contributed by atoms with van der Waals surface area (Å²) < 4.78 is 0. The number of hydrogen-bond acceptors (Lipinski definition) is 1. The van der Waals surface area contributed by atoms with Crippen LogP contribution in [0.1, 0.15) is 23.6 Å². The molecule has 3 aromatic carbocycles. The number of benzene rings is 3. The normalized spacial score (nSPS) is 10.6. The maximum atomic E-state index is 2.75. The van der Waals surface area contributed by atoms with Crippen molar-refractivity contribution >= 4 is 0 Å². The zero-order chi connectivity index (χ0) is 16.5. The molecule has 0 bridgehead atoms. The van der Waals surface area contributed by atoms with Crippen molar-refractivity contribution in [2.45, 2.75) is 12.3 Å². The van der Waals surface area contributed by atoms with Gasteiger partial charge in [0.05, 0.1) is 0 Å². The first-order valence-electron chi connectivity index (χ1n) is 7.98. The van der Waals surface area contributed by atoms with Crippen LogP contribution in [0.2, 0.25) is 0 Å². The van der Waals surface area contributed by atoms with Crippen molar-refractivity contribution in [3.8, 4) is 0 Å². The van der Waals surface area contributed by atoms with Gasteiger partial charge in [-0.3, -0.25) is 0 Å². The fourth-order valence-corrected chi connectivity index (χ4v) is 2.81. The van der Waals surface area contributed by atoms with Gasteiger partial charge in [0, 0.05) is 5.41 Å². The highest BCUT2D eigenvalue weighted by Crippen LogP contribution is 2.38. The topological polar surface area (TPSA) is 12.0 Å². The minimum absolute atomic E-state index is 0.121. The average Bonchev–Trinajstić information content (AvgIpc) is 2.64. The highest BCUT2D eigenvalue weighted by molar-refractivity contribution is 5.49. The Kier molecular flexibility index (Phi) is 6.13. The fourth-order valence-electron chi connectivity index (χ4n) is 2.81. The molecule has 1 heteroatoms. The Labute approximate surface area is 140 Å². The van der Waals surface area contributed by atoms with Crippen molar-refractivity contribution < 1.29 is 0 Å². The van der Waals surface area contributed by atoms with Crippen molar-refractivity contribution in [1.29, 1.82) is 0 Å². The minimum Gasteiger partial charge on any atom is -0.323 e. The molecule has 1 N–H and O–H groups in total. The average molecular weight is 303 g/mol. The van der Waals surface area contributed by atoms with Crippen LogP contribution in [0.4, 0.5) is 0 Å². The molecular weight excluding hydrogens is 278 g/mol. The van der Waals surface area contributed by atoms with Gasteiger partial charge >= 0.3 is 0 Å². The monoisotopic (exact) mass is 303 g/mol. The lowest BCUT2D eigenvalue weighted by Crippen LogP contribution is -2.25. The van der Waals surface area contributed by atoms with E-state index in [0.29, 0.717) is 0 Å². The molecule has 0 aliphatic rings. The van der Waals surface area contributed by atoms with Crippen LogP contribution in [0, 0.1) is 0 Å². The Morgan fingerprint density at radius 1 is 0.522 bits per heavy atom. The van der Waals surface area contributed by atoms with Crippen LogP contribution in [0.3, 0.4) is 0 Å². The molecule has 0 unspecified atom stereocenters. The van der Waals surface area contributed by atoms with Gasteiger partial charge in [0.15, 0.2) is 0 Å². The molecule has 23 heavy (non-hydrogen) atoms. The summed E-state index contributed by atoms with van der Waals surface area (Å²) in [6, 6.07) is 32.1. The van der Waals surface area contributed by atoms with E-state index in [1.54, 1.807) is 0 Å². The van der Waals surface area contributed by atoms with Crippen LogP contribution in [0.5, 0.6) is 0 Å². The van der Waals surface area contributed by atoms with Gasteiger partial charge in [0.1, 0.15) is 0 Å². The van der Waals surface area contributed by atoms with E-state index in [4.69, 9.17) is 0 Å². The van der Waals surface area contributed by atoms with Gasteiger partial charge < -0.3 is 5.32 Å². The lowest BCUT2D eigenvalue weighted by molar-refractivity contribution is 0.692. The molecule has 1 nitrogen and oxygen atoms in total. The second kappa shape index (κ2) is 8.30. The third kappa shape index (κ3) is 3.88. The summed E-state index contributed by atoms with van der Waals surface area (Å²) in [6.45, 7) is 2.30. The maximum Gasteiger partial charge on any atom is 0.0423 e. The molecule has 0 radical (unpaired) electrons. The van der Waals surface area contributed by atoms with Crippen LogP contribution < -0.4 is 5.32 Å². The third-order valence-electron chi connectivity index (χ3n) is 4.05. The fraction of sp³-hybridized carbons (Fsp3) is 0.182. The van der Waals surface area contributed by atoms with Crippen molar-refractivity contribution in [3.63, 3.8) is 0 Å².